The predicted molar refractivity (Wildman–Crippen MR) is 278 cm³/mol. The van der Waals surface area contributed by atoms with Gasteiger partial charge in [0.15, 0.2) is 27.0 Å². The number of thiocarbonyl (C=S) groups is 1. The normalized spacial score (nSPS) is 11.5. The number of amides is 2. The van der Waals surface area contributed by atoms with E-state index in [1.54, 1.807) is 6.07 Å². The zero-order valence-corrected chi connectivity index (χ0v) is 41.4. The molecule has 4 heterocycles. The van der Waals surface area contributed by atoms with E-state index in [-0.39, 0.29) is 17.5 Å². The highest BCUT2D eigenvalue weighted by molar-refractivity contribution is 7.80. The average Bonchev–Trinajstić information content (AvgIpc) is 4.18. The number of hydrogen-bond donors (Lipinski definition) is 4. The minimum Gasteiger partial charge on any atom is -0.406 e. The topological polar surface area (TPSA) is 171 Å². The first-order chi connectivity index (χ1) is 35.3. The molecule has 0 saturated heterocycles. The summed E-state index contributed by atoms with van der Waals surface area (Å²) in [7, 11) is 0. The number of aromatic nitrogens is 8. The number of carbonyl (C=O) groups excluding carboxylic acids is 1. The lowest BCUT2D eigenvalue weighted by Gasteiger charge is -2.13. The summed E-state index contributed by atoms with van der Waals surface area (Å²) in [5.74, 6) is 0.264. The number of benzene rings is 6. The monoisotopic (exact) mass is 1060 g/mol. The Morgan fingerprint density at radius 1 is 0.541 bits per heavy atom. The molecule has 0 atom stereocenters. The van der Waals surface area contributed by atoms with Crippen molar-refractivity contribution in [3.63, 3.8) is 0 Å². The number of halogens is 6. The molecule has 0 saturated carbocycles. The van der Waals surface area contributed by atoms with Crippen molar-refractivity contribution >= 4 is 88.1 Å². The van der Waals surface area contributed by atoms with E-state index >= 15 is 0 Å². The molecule has 0 spiro atoms. The number of carbonyl (C=O) groups is 1. The van der Waals surface area contributed by atoms with Gasteiger partial charge in [-0.3, -0.25) is 5.32 Å². The van der Waals surface area contributed by atoms with Gasteiger partial charge < -0.3 is 25.4 Å². The fraction of sp³-hybridized carbons (Fsp3) is 0.120. The minimum absolute atomic E-state index is 0.305. The van der Waals surface area contributed by atoms with Crippen molar-refractivity contribution in [1.29, 1.82) is 0 Å². The fourth-order valence-corrected chi connectivity index (χ4v) is 9.46. The summed E-state index contributed by atoms with van der Waals surface area (Å²) in [4.78, 5) is 30.3. The second-order valence-electron chi connectivity index (χ2n) is 16.2. The van der Waals surface area contributed by atoms with E-state index in [0.717, 1.165) is 59.7 Å². The molecule has 15 nitrogen and oxygen atoms in total. The molecule has 0 radical (unpaired) electrons. The van der Waals surface area contributed by atoms with Crippen molar-refractivity contribution in [3.8, 4) is 45.6 Å². The van der Waals surface area contributed by atoms with Gasteiger partial charge in [-0.1, -0.05) is 59.1 Å². The number of para-hydroxylation sites is 2. The standard InChI is InChI=1S/C25H19F3N6O2S.C25H19F3N6OS2/c1-14-4-3-5-15(2)21(14)31-23(35)32-24-30-19-11-6-16(12-20(19)37-24)22-29-13-34(33-22)17-7-9-18(10-8-17)36-25(26,27)28;1-14-4-3-5-15(2)21(14)31-23(36)32-24-30-19-11-6-16(12-20(19)37-24)22-29-13-34(33-22)17-7-9-18(10-8-17)35-25(26,27)28/h3-13H,1-2H3,(H2,30,31,32,35);3-13H,1-2H3,(H2,30,31,32,36). The maximum absolute atomic E-state index is 12.5. The minimum atomic E-state index is -4.75. The van der Waals surface area contributed by atoms with Crippen LogP contribution in [0.2, 0.25) is 0 Å². The van der Waals surface area contributed by atoms with Crippen molar-refractivity contribution in [3.05, 3.63) is 156 Å². The highest BCUT2D eigenvalue weighted by Gasteiger charge is 2.32. The summed E-state index contributed by atoms with van der Waals surface area (Å²) < 4.78 is 86.7. The quantitative estimate of drug-likeness (QED) is 0.0756. The first-order valence-electron chi connectivity index (χ1n) is 22.0. The molecule has 10 rings (SSSR count). The van der Waals surface area contributed by atoms with Crippen LogP contribution in [0, 0.1) is 27.7 Å². The molecule has 0 aliphatic carbocycles. The van der Waals surface area contributed by atoms with Gasteiger partial charge in [0.25, 0.3) is 0 Å². The Labute approximate surface area is 429 Å². The van der Waals surface area contributed by atoms with Gasteiger partial charge in [0, 0.05) is 22.5 Å². The summed E-state index contributed by atoms with van der Waals surface area (Å²) in [6.07, 6.45) is -6.53. The van der Waals surface area contributed by atoms with Crippen LogP contribution in [0.5, 0.6) is 11.5 Å². The number of ether oxygens (including phenoxy) is 2. The van der Waals surface area contributed by atoms with Crippen LogP contribution < -0.4 is 30.7 Å². The third-order valence-electron chi connectivity index (χ3n) is 10.8. The summed E-state index contributed by atoms with van der Waals surface area (Å²) in [5.41, 5.74) is 9.89. The first kappa shape index (κ1) is 50.5. The molecule has 0 aliphatic rings. The largest absolute Gasteiger partial charge is 0.573 e. The lowest BCUT2D eigenvalue weighted by Crippen LogP contribution is -2.20. The van der Waals surface area contributed by atoms with Crippen LogP contribution in [0.1, 0.15) is 22.3 Å². The number of anilines is 4. The predicted octanol–water partition coefficient (Wildman–Crippen LogP) is 13.6. The molecule has 24 heteroatoms. The van der Waals surface area contributed by atoms with Crippen LogP contribution >= 0.6 is 34.9 Å². The third-order valence-corrected chi connectivity index (χ3v) is 12.9. The van der Waals surface area contributed by atoms with E-state index in [4.69, 9.17) is 12.2 Å². The van der Waals surface area contributed by atoms with Crippen LogP contribution in [-0.2, 0) is 0 Å². The van der Waals surface area contributed by atoms with Crippen molar-refractivity contribution < 1.29 is 40.6 Å². The number of urea groups is 1. The Morgan fingerprint density at radius 3 is 1.36 bits per heavy atom. The van der Waals surface area contributed by atoms with Gasteiger partial charge in [-0.15, -0.1) is 36.5 Å². The van der Waals surface area contributed by atoms with Crippen molar-refractivity contribution in [2.45, 2.75) is 40.4 Å². The number of fused-ring (bicyclic) bond motifs is 2. The number of thiazole rings is 2. The molecule has 0 unspecified atom stereocenters. The molecule has 10 aromatic rings. The molecule has 4 aromatic heterocycles. The van der Waals surface area contributed by atoms with E-state index in [1.807, 2.05) is 94.4 Å². The highest BCUT2D eigenvalue weighted by atomic mass is 32.1. The van der Waals surface area contributed by atoms with Crippen molar-refractivity contribution in [2.24, 2.45) is 0 Å². The van der Waals surface area contributed by atoms with E-state index in [1.165, 1.54) is 93.2 Å². The van der Waals surface area contributed by atoms with Crippen LogP contribution in [0.25, 0.3) is 54.6 Å². The molecule has 2 amide bonds. The van der Waals surface area contributed by atoms with E-state index in [9.17, 15) is 31.1 Å². The Kier molecular flexibility index (Phi) is 14.3. The van der Waals surface area contributed by atoms with Crippen LogP contribution in [0.3, 0.4) is 0 Å². The van der Waals surface area contributed by atoms with Gasteiger partial charge in [0.1, 0.15) is 24.2 Å². The molecular formula is C50H38F6N12O3S3. The molecule has 0 aliphatic heterocycles. The van der Waals surface area contributed by atoms with E-state index in [2.05, 4.69) is 60.9 Å². The maximum atomic E-state index is 12.5. The number of nitrogens with zero attached hydrogens (tertiary/aromatic N) is 8. The van der Waals surface area contributed by atoms with Gasteiger partial charge in [0.2, 0.25) is 0 Å². The maximum Gasteiger partial charge on any atom is 0.573 e. The van der Waals surface area contributed by atoms with Crippen molar-refractivity contribution in [2.75, 3.05) is 21.3 Å². The lowest BCUT2D eigenvalue weighted by molar-refractivity contribution is -0.275. The van der Waals surface area contributed by atoms with Crippen molar-refractivity contribution in [1.82, 2.24) is 39.5 Å². The van der Waals surface area contributed by atoms with Gasteiger partial charge >= 0.3 is 18.8 Å². The van der Waals surface area contributed by atoms with E-state index in [0.29, 0.717) is 43.9 Å². The van der Waals surface area contributed by atoms with Gasteiger partial charge in [-0.25, -0.2) is 34.1 Å². The Bertz CT molecular complexity index is 3390. The van der Waals surface area contributed by atoms with Gasteiger partial charge in [-0.05, 0) is 147 Å². The SMILES string of the molecule is Cc1cccc(C)c1NC(=O)Nc1nc2ccc(-c3ncn(-c4ccc(OC(F)(F)F)cc4)n3)cc2s1.Cc1cccc(C)c1NC(=S)Nc1nc2ccc(-c3ncn(-c4ccc(OC(F)(F)F)cc4)n3)cc2s1. The molecule has 74 heavy (non-hydrogen) atoms. The zero-order valence-electron chi connectivity index (χ0n) is 39.0. The fourth-order valence-electron chi connectivity index (χ4n) is 7.38. The molecule has 4 N–H and O–H groups in total. The Balaban J connectivity index is 0.000000182. The number of hydrogen-bond acceptors (Lipinski definition) is 12. The van der Waals surface area contributed by atoms with Crippen LogP contribution in [0.4, 0.5) is 52.8 Å². The molecule has 376 valence electrons. The number of alkyl halides is 6. The van der Waals surface area contributed by atoms with Gasteiger partial charge in [0.05, 0.1) is 31.8 Å². The number of aryl methyl sites for hydroxylation is 4. The summed E-state index contributed by atoms with van der Waals surface area (Å²) >= 11 is 8.24. The Hall–Kier alpha value is -8.48. The molecule has 0 bridgehead atoms. The second-order valence-corrected chi connectivity index (χ2v) is 18.7. The summed E-state index contributed by atoms with van der Waals surface area (Å²) in [6.45, 7) is 7.89. The smallest absolute Gasteiger partial charge is 0.406 e. The number of nitrogens with one attached hydrogen (secondary N) is 4. The highest BCUT2D eigenvalue weighted by Crippen LogP contribution is 2.33. The van der Waals surface area contributed by atoms with Gasteiger partial charge in [-0.2, -0.15) is 0 Å². The second kappa shape index (κ2) is 20.9. The first-order valence-corrected chi connectivity index (χ1v) is 24.0. The zero-order chi connectivity index (χ0) is 52.3. The Morgan fingerprint density at radius 2 is 0.946 bits per heavy atom. The lowest BCUT2D eigenvalue weighted by atomic mass is 10.1. The average molecular weight is 1070 g/mol. The molecular weight excluding hydrogens is 1030 g/mol. The van der Waals surface area contributed by atoms with E-state index < -0.39 is 12.7 Å². The molecule has 0 fully saturated rings. The third kappa shape index (κ3) is 12.4. The molecule has 6 aromatic carbocycles. The van der Waals surface area contributed by atoms with Crippen LogP contribution in [-0.4, -0.2) is 63.4 Å². The summed E-state index contributed by atoms with van der Waals surface area (Å²) in [6, 6.07) is 33.3. The van der Waals surface area contributed by atoms with Crippen LogP contribution in [0.15, 0.2) is 134 Å². The number of rotatable bonds is 10. The summed E-state index contributed by atoms with van der Waals surface area (Å²) in [5, 5.41) is 22.5.